The Bertz CT molecular complexity index is 383. The van der Waals surface area contributed by atoms with E-state index < -0.39 is 12.0 Å². The van der Waals surface area contributed by atoms with Crippen molar-refractivity contribution >= 4 is 23.8 Å². The number of hydrogen-bond donors (Lipinski definition) is 1. The molecule has 0 radical (unpaired) electrons. The van der Waals surface area contributed by atoms with Gasteiger partial charge >= 0.3 is 5.97 Å². The maximum Gasteiger partial charge on any atom is 0.304 e. The Morgan fingerprint density at radius 3 is 2.33 bits per heavy atom. The van der Waals surface area contributed by atoms with Gasteiger partial charge in [-0.25, -0.2) is 0 Å². The summed E-state index contributed by atoms with van der Waals surface area (Å²) in [6.45, 7) is 4.01. The zero-order valence-corrected chi connectivity index (χ0v) is 10.6. The zero-order chi connectivity index (χ0) is 11.5. The molecule has 0 saturated carbocycles. The molecular weight excluding hydrogens is 227 g/mol. The normalized spacial score (nSPS) is 13.5. The molecule has 0 aliphatic carbocycles. The Labute approximate surface area is 95.3 Å². The maximum atomic E-state index is 10.8. The first-order valence-electron chi connectivity index (χ1n) is 4.72. The molecule has 1 N–H and O–H groups in total. The fourth-order valence-electron chi connectivity index (χ4n) is 1.54. The summed E-state index contributed by atoms with van der Waals surface area (Å²) in [6.07, 6.45) is 0.133. The fraction of sp³-hybridized carbons (Fsp3) is 0.364. The SMILES string of the molecule is CP(C)(=S)C(CC(=O)O)c1ccccc1. The summed E-state index contributed by atoms with van der Waals surface area (Å²) in [6, 6.07) is 8.10. The van der Waals surface area contributed by atoms with E-state index in [0.29, 0.717) is 0 Å². The summed E-state index contributed by atoms with van der Waals surface area (Å²) in [5.41, 5.74) is 1.04. The van der Waals surface area contributed by atoms with Gasteiger partial charge in [0, 0.05) is 5.66 Å². The third-order valence-electron chi connectivity index (χ3n) is 2.30. The van der Waals surface area contributed by atoms with Gasteiger partial charge in [-0.15, -0.1) is 0 Å². The van der Waals surface area contributed by atoms with E-state index in [4.69, 9.17) is 16.9 Å². The van der Waals surface area contributed by atoms with Crippen LogP contribution < -0.4 is 0 Å². The van der Waals surface area contributed by atoms with Crippen molar-refractivity contribution in [3.8, 4) is 0 Å². The van der Waals surface area contributed by atoms with Gasteiger partial charge in [-0.1, -0.05) is 42.1 Å². The molecule has 82 valence electrons. The number of rotatable bonds is 4. The van der Waals surface area contributed by atoms with Crippen LogP contribution >= 0.6 is 6.04 Å². The minimum Gasteiger partial charge on any atom is -0.481 e. The molecule has 1 aromatic rings. The Morgan fingerprint density at radius 1 is 1.40 bits per heavy atom. The van der Waals surface area contributed by atoms with Crippen LogP contribution in [0, 0.1) is 0 Å². The van der Waals surface area contributed by atoms with Crippen LogP contribution in [0.3, 0.4) is 0 Å². The third kappa shape index (κ3) is 3.77. The summed E-state index contributed by atoms with van der Waals surface area (Å²) in [7, 11) is 0. The van der Waals surface area contributed by atoms with Gasteiger partial charge in [-0.05, 0) is 24.9 Å². The van der Waals surface area contributed by atoms with E-state index in [0.717, 1.165) is 5.56 Å². The van der Waals surface area contributed by atoms with Gasteiger partial charge in [0.05, 0.1) is 6.42 Å². The number of benzene rings is 1. The molecular formula is C11H15O2PS. The summed E-state index contributed by atoms with van der Waals surface area (Å²) in [4.78, 5) is 10.8. The summed E-state index contributed by atoms with van der Waals surface area (Å²) < 4.78 is 0. The van der Waals surface area contributed by atoms with Crippen LogP contribution in [0.1, 0.15) is 17.6 Å². The van der Waals surface area contributed by atoms with E-state index >= 15 is 0 Å². The fourth-order valence-corrected chi connectivity index (χ4v) is 3.61. The van der Waals surface area contributed by atoms with E-state index in [1.165, 1.54) is 0 Å². The first-order chi connectivity index (χ1) is 6.91. The third-order valence-corrected chi connectivity index (χ3v) is 5.05. The van der Waals surface area contributed by atoms with Crippen molar-refractivity contribution < 1.29 is 9.90 Å². The monoisotopic (exact) mass is 242 g/mol. The number of carboxylic acids is 1. The highest BCUT2D eigenvalue weighted by Crippen LogP contribution is 2.54. The quantitative estimate of drug-likeness (QED) is 0.825. The minimum absolute atomic E-state index is 0.00815. The van der Waals surface area contributed by atoms with Gasteiger partial charge in [0.25, 0.3) is 0 Å². The molecule has 0 aliphatic heterocycles. The topological polar surface area (TPSA) is 37.3 Å². The molecule has 0 aromatic heterocycles. The summed E-state index contributed by atoms with van der Waals surface area (Å²) >= 11 is 5.45. The molecule has 0 bridgehead atoms. The van der Waals surface area contributed by atoms with Crippen LogP contribution in [0.4, 0.5) is 0 Å². The molecule has 1 atom stereocenters. The van der Waals surface area contributed by atoms with E-state index in [1.54, 1.807) is 0 Å². The highest BCUT2D eigenvalue weighted by Gasteiger charge is 2.23. The molecule has 1 aromatic carbocycles. The largest absolute Gasteiger partial charge is 0.481 e. The van der Waals surface area contributed by atoms with E-state index in [-0.39, 0.29) is 12.1 Å². The van der Waals surface area contributed by atoms with Gasteiger partial charge in [-0.3, -0.25) is 4.79 Å². The van der Waals surface area contributed by atoms with Crippen LogP contribution in [0.15, 0.2) is 30.3 Å². The molecule has 0 amide bonds. The van der Waals surface area contributed by atoms with Crippen molar-refractivity contribution in [3.05, 3.63) is 35.9 Å². The molecule has 1 rings (SSSR count). The van der Waals surface area contributed by atoms with Crippen LogP contribution in [0.25, 0.3) is 0 Å². The number of hydrogen-bond acceptors (Lipinski definition) is 2. The van der Waals surface area contributed by atoms with Gasteiger partial charge in [0.1, 0.15) is 0 Å². The Kier molecular flexibility index (Phi) is 4.06. The second-order valence-corrected chi connectivity index (χ2v) is 10.3. The van der Waals surface area contributed by atoms with Crippen molar-refractivity contribution in [2.45, 2.75) is 12.1 Å². The van der Waals surface area contributed by atoms with Gasteiger partial charge in [-0.2, -0.15) is 0 Å². The van der Waals surface area contributed by atoms with E-state index in [2.05, 4.69) is 0 Å². The maximum absolute atomic E-state index is 10.8. The predicted octanol–water partition coefficient (Wildman–Crippen LogP) is 2.94. The first-order valence-corrected chi connectivity index (χ1v) is 8.49. The van der Waals surface area contributed by atoms with Crippen molar-refractivity contribution in [3.63, 3.8) is 0 Å². The zero-order valence-electron chi connectivity index (χ0n) is 8.88. The van der Waals surface area contributed by atoms with Crippen LogP contribution in [-0.4, -0.2) is 24.4 Å². The number of aliphatic carboxylic acids is 1. The van der Waals surface area contributed by atoms with Gasteiger partial charge < -0.3 is 5.11 Å². The lowest BCUT2D eigenvalue weighted by Gasteiger charge is -2.23. The molecule has 0 aliphatic rings. The van der Waals surface area contributed by atoms with Crippen molar-refractivity contribution in [2.24, 2.45) is 0 Å². The molecule has 0 spiro atoms. The van der Waals surface area contributed by atoms with Crippen LogP contribution in [0.5, 0.6) is 0 Å². The first kappa shape index (κ1) is 12.4. The van der Waals surface area contributed by atoms with E-state index in [1.807, 2.05) is 43.7 Å². The van der Waals surface area contributed by atoms with E-state index in [9.17, 15) is 4.79 Å². The second-order valence-electron chi connectivity index (χ2n) is 3.96. The summed E-state index contributed by atoms with van der Waals surface area (Å²) in [5, 5.41) is 8.88. The van der Waals surface area contributed by atoms with Gasteiger partial charge in [0.2, 0.25) is 0 Å². The molecule has 2 nitrogen and oxygen atoms in total. The number of carboxylic acid groups (broad SMARTS) is 1. The van der Waals surface area contributed by atoms with Crippen molar-refractivity contribution in [1.29, 1.82) is 0 Å². The molecule has 0 heterocycles. The average Bonchev–Trinajstić information content (AvgIpc) is 2.14. The molecule has 1 unspecified atom stereocenters. The summed E-state index contributed by atoms with van der Waals surface area (Å²) in [5.74, 6) is -0.776. The lowest BCUT2D eigenvalue weighted by Crippen LogP contribution is -2.06. The average molecular weight is 242 g/mol. The highest BCUT2D eigenvalue weighted by molar-refractivity contribution is 8.14. The smallest absolute Gasteiger partial charge is 0.304 e. The minimum atomic E-state index is -1.60. The molecule has 0 fully saturated rings. The lowest BCUT2D eigenvalue weighted by atomic mass is 10.1. The van der Waals surface area contributed by atoms with Crippen LogP contribution in [0.2, 0.25) is 0 Å². The van der Waals surface area contributed by atoms with Crippen LogP contribution in [-0.2, 0) is 16.6 Å². The Balaban J connectivity index is 3.02. The number of carbonyl (C=O) groups is 1. The second kappa shape index (κ2) is 4.91. The molecule has 4 heteroatoms. The van der Waals surface area contributed by atoms with Gasteiger partial charge in [0.15, 0.2) is 0 Å². The van der Waals surface area contributed by atoms with Crippen molar-refractivity contribution in [1.82, 2.24) is 0 Å². The predicted molar refractivity (Wildman–Crippen MR) is 67.6 cm³/mol. The highest BCUT2D eigenvalue weighted by atomic mass is 32.4. The molecule has 0 saturated heterocycles. The van der Waals surface area contributed by atoms with Crippen molar-refractivity contribution in [2.75, 3.05) is 13.3 Å². The Morgan fingerprint density at radius 2 is 1.93 bits per heavy atom. The Hall–Kier alpha value is -0.660. The lowest BCUT2D eigenvalue weighted by molar-refractivity contribution is -0.137. The standard InChI is InChI=1S/C11H15O2PS/c1-14(2,15)10(8-11(12)13)9-6-4-3-5-7-9/h3-7,10H,8H2,1-2H3,(H,12,13). The molecule has 15 heavy (non-hydrogen) atoms.